The first-order valence-electron chi connectivity index (χ1n) is 11.3. The van der Waals surface area contributed by atoms with Crippen LogP contribution in [-0.4, -0.2) is 50.4 Å². The highest BCUT2D eigenvalue weighted by atomic mass is 19.4. The fourth-order valence-corrected chi connectivity index (χ4v) is 4.52. The van der Waals surface area contributed by atoms with Gasteiger partial charge in [0.15, 0.2) is 0 Å². The largest absolute Gasteiger partial charge is 0.444 e. The number of hydrogen-bond acceptors (Lipinski definition) is 4. The molecule has 0 aliphatic carbocycles. The van der Waals surface area contributed by atoms with Crippen molar-refractivity contribution in [3.8, 4) is 0 Å². The van der Waals surface area contributed by atoms with E-state index >= 15 is 0 Å². The third kappa shape index (κ3) is 5.09. The van der Waals surface area contributed by atoms with Crippen LogP contribution in [0.25, 0.3) is 21.9 Å². The second-order valence-corrected chi connectivity index (χ2v) is 9.86. The molecule has 3 heterocycles. The summed E-state index contributed by atoms with van der Waals surface area (Å²) in [5, 5.41) is 11.0. The Balaban J connectivity index is 1.83. The number of rotatable bonds is 1. The Morgan fingerprint density at radius 2 is 1.69 bits per heavy atom. The fourth-order valence-electron chi connectivity index (χ4n) is 4.52. The molecule has 0 saturated carbocycles. The predicted molar refractivity (Wildman–Crippen MR) is 119 cm³/mol. The van der Waals surface area contributed by atoms with Gasteiger partial charge in [-0.1, -0.05) is 0 Å². The standard InChI is InChI=1S/C24H25F6N3O3/c1-22(2,3)36-21(35)32-10-4-5-16(18(34)12-32)33-15-7-6-13(23(25,26)27)11-14(15)20-17(33)8-9-19(31-20)24(28,29)30/h6-9,11,16,18,34H,4-5,10,12H2,1-3H3/t16-,18-/m1/s1. The van der Waals surface area contributed by atoms with Crippen LogP contribution in [0, 0.1) is 0 Å². The number of amides is 1. The molecule has 1 saturated heterocycles. The smallest absolute Gasteiger partial charge is 0.433 e. The summed E-state index contributed by atoms with van der Waals surface area (Å²) in [6, 6.07) is 3.99. The minimum atomic E-state index is -4.79. The Kier molecular flexibility index (Phi) is 6.39. The summed E-state index contributed by atoms with van der Waals surface area (Å²) < 4.78 is 87.2. The van der Waals surface area contributed by atoms with Crippen LogP contribution >= 0.6 is 0 Å². The number of pyridine rings is 1. The van der Waals surface area contributed by atoms with Crippen molar-refractivity contribution in [3.63, 3.8) is 0 Å². The van der Waals surface area contributed by atoms with E-state index in [1.807, 2.05) is 0 Å². The van der Waals surface area contributed by atoms with Crippen molar-refractivity contribution in [3.05, 3.63) is 41.6 Å². The number of hydrogen-bond donors (Lipinski definition) is 1. The molecule has 1 amide bonds. The van der Waals surface area contributed by atoms with Gasteiger partial charge in [0.25, 0.3) is 0 Å². The van der Waals surface area contributed by atoms with Gasteiger partial charge in [-0.2, -0.15) is 26.3 Å². The maximum atomic E-state index is 13.4. The molecule has 196 valence electrons. The van der Waals surface area contributed by atoms with Gasteiger partial charge in [0.05, 0.1) is 40.8 Å². The van der Waals surface area contributed by atoms with E-state index in [1.165, 1.54) is 15.5 Å². The van der Waals surface area contributed by atoms with Gasteiger partial charge in [-0.05, 0) is 63.9 Å². The highest BCUT2D eigenvalue weighted by molar-refractivity contribution is 6.06. The lowest BCUT2D eigenvalue weighted by Gasteiger charge is -2.29. The average Bonchev–Trinajstić information content (AvgIpc) is 2.93. The Morgan fingerprint density at radius 3 is 2.31 bits per heavy atom. The second kappa shape index (κ2) is 8.82. The molecule has 2 atom stereocenters. The molecule has 4 rings (SSSR count). The number of benzene rings is 1. The first kappa shape index (κ1) is 26.1. The molecule has 1 fully saturated rings. The van der Waals surface area contributed by atoms with Gasteiger partial charge in [0, 0.05) is 11.9 Å². The molecule has 36 heavy (non-hydrogen) atoms. The number of carbonyl (C=O) groups excluding carboxylic acids is 1. The SMILES string of the molecule is CC(C)(C)OC(=O)N1CCC[C@@H](n2c3ccc(C(F)(F)F)cc3c3nc(C(F)(F)F)ccc32)[C@H](O)C1. The molecule has 3 aromatic rings. The monoisotopic (exact) mass is 517 g/mol. The average molecular weight is 517 g/mol. The summed E-state index contributed by atoms with van der Waals surface area (Å²) in [6.45, 7) is 5.27. The van der Waals surface area contributed by atoms with Crippen LogP contribution < -0.4 is 0 Å². The molecule has 1 aromatic carbocycles. The fraction of sp³-hybridized carbons (Fsp3) is 0.500. The normalized spacial score (nSPS) is 20.1. The van der Waals surface area contributed by atoms with Gasteiger partial charge in [-0.15, -0.1) is 0 Å². The van der Waals surface area contributed by atoms with Crippen molar-refractivity contribution in [1.82, 2.24) is 14.5 Å². The summed E-state index contributed by atoms with van der Waals surface area (Å²) in [5.41, 5.74) is -2.88. The summed E-state index contributed by atoms with van der Waals surface area (Å²) >= 11 is 0. The van der Waals surface area contributed by atoms with Crippen LogP contribution in [0.4, 0.5) is 31.1 Å². The van der Waals surface area contributed by atoms with E-state index in [0.717, 1.165) is 24.3 Å². The zero-order valence-corrected chi connectivity index (χ0v) is 19.7. The maximum Gasteiger partial charge on any atom is 0.433 e. The van der Waals surface area contributed by atoms with E-state index in [4.69, 9.17) is 4.74 Å². The molecule has 0 spiro atoms. The summed E-state index contributed by atoms with van der Waals surface area (Å²) in [4.78, 5) is 17.6. The highest BCUT2D eigenvalue weighted by Crippen LogP contribution is 2.40. The maximum absolute atomic E-state index is 13.4. The molecular formula is C24H25F6N3O3. The number of fused-ring (bicyclic) bond motifs is 3. The van der Waals surface area contributed by atoms with Gasteiger partial charge in [0.2, 0.25) is 0 Å². The molecular weight excluding hydrogens is 492 g/mol. The molecule has 2 aromatic heterocycles. The van der Waals surface area contributed by atoms with Gasteiger partial charge < -0.3 is 19.3 Å². The summed E-state index contributed by atoms with van der Waals surface area (Å²) in [6.07, 6.45) is -10.5. The summed E-state index contributed by atoms with van der Waals surface area (Å²) in [7, 11) is 0. The van der Waals surface area contributed by atoms with Crippen LogP contribution in [0.3, 0.4) is 0 Å². The highest BCUT2D eigenvalue weighted by Gasteiger charge is 2.37. The number of aliphatic hydroxyl groups excluding tert-OH is 1. The first-order chi connectivity index (χ1) is 16.6. The van der Waals surface area contributed by atoms with Crippen molar-refractivity contribution in [2.24, 2.45) is 0 Å². The molecule has 1 N–H and O–H groups in total. The number of nitrogens with zero attached hydrogens (tertiary/aromatic N) is 3. The zero-order chi connectivity index (χ0) is 26.6. The number of alkyl halides is 6. The quantitative estimate of drug-likeness (QED) is 0.393. The van der Waals surface area contributed by atoms with Crippen molar-refractivity contribution in [2.75, 3.05) is 13.1 Å². The zero-order valence-electron chi connectivity index (χ0n) is 19.7. The Bertz CT molecular complexity index is 1220. The van der Waals surface area contributed by atoms with Crippen molar-refractivity contribution < 1.29 is 41.0 Å². The van der Waals surface area contributed by atoms with Gasteiger partial charge >= 0.3 is 18.4 Å². The van der Waals surface area contributed by atoms with Crippen LogP contribution in [0.15, 0.2) is 30.3 Å². The van der Waals surface area contributed by atoms with Crippen molar-refractivity contribution >= 4 is 28.0 Å². The Labute approximate surface area is 202 Å². The molecule has 0 bridgehead atoms. The van der Waals surface area contributed by atoms with E-state index in [1.54, 1.807) is 20.8 Å². The lowest BCUT2D eigenvalue weighted by molar-refractivity contribution is -0.141. The Hall–Kier alpha value is -3.02. The number of aromatic nitrogens is 2. The van der Waals surface area contributed by atoms with Crippen LogP contribution in [-0.2, 0) is 17.1 Å². The lowest BCUT2D eigenvalue weighted by atomic mass is 10.1. The molecule has 0 unspecified atom stereocenters. The molecule has 1 aliphatic rings. The Morgan fingerprint density at radius 1 is 1.03 bits per heavy atom. The van der Waals surface area contributed by atoms with Crippen molar-refractivity contribution in [2.45, 2.75) is 63.7 Å². The minimum absolute atomic E-state index is 0.105. The van der Waals surface area contributed by atoms with E-state index in [0.29, 0.717) is 12.8 Å². The van der Waals surface area contributed by atoms with Gasteiger partial charge in [-0.3, -0.25) is 0 Å². The number of ether oxygens (including phenoxy) is 1. The molecule has 12 heteroatoms. The molecule has 1 aliphatic heterocycles. The van der Waals surface area contributed by atoms with E-state index in [-0.39, 0.29) is 35.0 Å². The number of likely N-dealkylation sites (tertiary alicyclic amines) is 1. The van der Waals surface area contributed by atoms with Crippen LogP contribution in [0.2, 0.25) is 0 Å². The van der Waals surface area contributed by atoms with Gasteiger partial charge in [0.1, 0.15) is 11.3 Å². The predicted octanol–water partition coefficient (Wildman–Crippen LogP) is 6.16. The molecule has 6 nitrogen and oxygen atoms in total. The number of β-amino-alcohol motifs (C(OH)–C–C–N with tert-alkyl or cyclic N) is 1. The topological polar surface area (TPSA) is 67.6 Å². The summed E-state index contributed by atoms with van der Waals surface area (Å²) in [5.74, 6) is 0. The number of aliphatic hydroxyl groups is 1. The van der Waals surface area contributed by atoms with Crippen LogP contribution in [0.1, 0.15) is 50.9 Å². The van der Waals surface area contributed by atoms with E-state index in [2.05, 4.69) is 4.98 Å². The third-order valence-corrected chi connectivity index (χ3v) is 6.03. The number of carbonyl (C=O) groups is 1. The van der Waals surface area contributed by atoms with E-state index < -0.39 is 47.5 Å². The number of halogens is 6. The van der Waals surface area contributed by atoms with E-state index in [9.17, 15) is 36.2 Å². The first-order valence-corrected chi connectivity index (χ1v) is 11.3. The van der Waals surface area contributed by atoms with Crippen LogP contribution in [0.5, 0.6) is 0 Å². The lowest BCUT2D eigenvalue weighted by Crippen LogP contribution is -2.41. The van der Waals surface area contributed by atoms with Crippen molar-refractivity contribution in [1.29, 1.82) is 0 Å². The molecule has 0 radical (unpaired) electrons. The third-order valence-electron chi connectivity index (χ3n) is 6.03. The van der Waals surface area contributed by atoms with Gasteiger partial charge in [-0.25, -0.2) is 9.78 Å². The second-order valence-electron chi connectivity index (χ2n) is 9.86. The minimum Gasteiger partial charge on any atom is -0.444 e.